The van der Waals surface area contributed by atoms with Crippen LogP contribution in [0, 0.1) is 0 Å². The number of carbonyl (C=O) groups is 1. The largest absolute Gasteiger partial charge is 0.365 e. The molecule has 0 radical (unpaired) electrons. The highest BCUT2D eigenvalue weighted by Gasteiger charge is 2.12. The second-order valence-corrected chi connectivity index (χ2v) is 5.27. The van der Waals surface area contributed by atoms with Crippen molar-refractivity contribution in [1.29, 1.82) is 0 Å². The van der Waals surface area contributed by atoms with Crippen LogP contribution in [0.3, 0.4) is 0 Å². The van der Waals surface area contributed by atoms with Gasteiger partial charge in [0.05, 0.1) is 0 Å². The van der Waals surface area contributed by atoms with E-state index >= 15 is 0 Å². The number of anilines is 1. The van der Waals surface area contributed by atoms with E-state index in [2.05, 4.69) is 27.5 Å². The van der Waals surface area contributed by atoms with Gasteiger partial charge in [-0.05, 0) is 27.2 Å². The molecule has 18 heavy (non-hydrogen) atoms. The predicted octanol–water partition coefficient (Wildman–Crippen LogP) is 2.22. The van der Waals surface area contributed by atoms with E-state index in [-0.39, 0.29) is 11.4 Å². The van der Waals surface area contributed by atoms with E-state index in [1.165, 1.54) is 6.33 Å². The van der Waals surface area contributed by atoms with E-state index in [4.69, 9.17) is 0 Å². The number of hydrogen-bond acceptors (Lipinski definition) is 4. The van der Waals surface area contributed by atoms with Gasteiger partial charge >= 0.3 is 0 Å². The second kappa shape index (κ2) is 6.33. The number of nitrogens with one attached hydrogen (secondary N) is 2. The molecule has 0 aromatic carbocycles. The summed E-state index contributed by atoms with van der Waals surface area (Å²) in [5.74, 6) is 0.515. The standard InChI is InChI=1S/C13H22N4O/c1-5-6-7-14-12(18)10-8-11(16-9-15-10)17-13(2,3)4/h8-9H,5-7H2,1-4H3,(H,14,18)(H,15,16,17). The number of amides is 1. The summed E-state index contributed by atoms with van der Waals surface area (Å²) in [6.07, 6.45) is 3.44. The zero-order valence-electron chi connectivity index (χ0n) is 11.6. The van der Waals surface area contributed by atoms with Crippen LogP contribution in [0.25, 0.3) is 0 Å². The molecule has 0 saturated carbocycles. The van der Waals surface area contributed by atoms with Crippen molar-refractivity contribution in [2.24, 2.45) is 0 Å². The van der Waals surface area contributed by atoms with Gasteiger partial charge in [0.15, 0.2) is 0 Å². The van der Waals surface area contributed by atoms with E-state index in [0.717, 1.165) is 12.8 Å². The number of unbranched alkanes of at least 4 members (excludes halogenated alkanes) is 1. The minimum Gasteiger partial charge on any atom is -0.365 e. The molecule has 0 bridgehead atoms. The Bertz CT molecular complexity index is 398. The van der Waals surface area contributed by atoms with E-state index < -0.39 is 0 Å². The Morgan fingerprint density at radius 3 is 2.67 bits per heavy atom. The minimum atomic E-state index is -0.150. The average molecular weight is 250 g/mol. The Hall–Kier alpha value is -1.65. The highest BCUT2D eigenvalue weighted by atomic mass is 16.1. The Kier molecular flexibility index (Phi) is 5.07. The Morgan fingerprint density at radius 1 is 1.33 bits per heavy atom. The zero-order valence-corrected chi connectivity index (χ0v) is 11.6. The van der Waals surface area contributed by atoms with Crippen LogP contribution in [0.5, 0.6) is 0 Å². The maximum absolute atomic E-state index is 11.8. The molecule has 1 heterocycles. The SMILES string of the molecule is CCCCNC(=O)c1cc(NC(C)(C)C)ncn1. The van der Waals surface area contributed by atoms with Crippen molar-refractivity contribution in [3.63, 3.8) is 0 Å². The summed E-state index contributed by atoms with van der Waals surface area (Å²) in [4.78, 5) is 19.9. The molecule has 0 aliphatic carbocycles. The van der Waals surface area contributed by atoms with Crippen molar-refractivity contribution in [3.05, 3.63) is 18.1 Å². The third-order valence-electron chi connectivity index (χ3n) is 2.22. The first-order chi connectivity index (χ1) is 8.42. The summed E-state index contributed by atoms with van der Waals surface area (Å²) in [6, 6.07) is 1.67. The molecule has 0 aliphatic heterocycles. The smallest absolute Gasteiger partial charge is 0.270 e. The lowest BCUT2D eigenvalue weighted by atomic mass is 10.1. The van der Waals surface area contributed by atoms with Crippen molar-refractivity contribution in [2.45, 2.75) is 46.1 Å². The van der Waals surface area contributed by atoms with Gasteiger partial charge in [0.1, 0.15) is 17.8 Å². The number of aromatic nitrogens is 2. The topological polar surface area (TPSA) is 66.9 Å². The lowest BCUT2D eigenvalue weighted by Gasteiger charge is -2.21. The average Bonchev–Trinajstić information content (AvgIpc) is 2.27. The summed E-state index contributed by atoms with van der Waals surface area (Å²) in [5.41, 5.74) is 0.303. The van der Waals surface area contributed by atoms with Crippen LogP contribution >= 0.6 is 0 Å². The normalized spacial score (nSPS) is 11.1. The maximum atomic E-state index is 11.8. The van der Waals surface area contributed by atoms with Crippen LogP contribution in [-0.2, 0) is 0 Å². The lowest BCUT2D eigenvalue weighted by Crippen LogP contribution is -2.28. The van der Waals surface area contributed by atoms with Crippen molar-refractivity contribution in [3.8, 4) is 0 Å². The van der Waals surface area contributed by atoms with Crippen molar-refractivity contribution in [2.75, 3.05) is 11.9 Å². The van der Waals surface area contributed by atoms with Gasteiger partial charge in [-0.3, -0.25) is 4.79 Å². The lowest BCUT2D eigenvalue weighted by molar-refractivity contribution is 0.0948. The zero-order chi connectivity index (χ0) is 13.6. The maximum Gasteiger partial charge on any atom is 0.270 e. The van der Waals surface area contributed by atoms with Crippen molar-refractivity contribution >= 4 is 11.7 Å². The van der Waals surface area contributed by atoms with E-state index in [9.17, 15) is 4.79 Å². The second-order valence-electron chi connectivity index (χ2n) is 5.27. The van der Waals surface area contributed by atoms with Crippen LogP contribution in [0.15, 0.2) is 12.4 Å². The Balaban J connectivity index is 2.66. The summed E-state index contributed by atoms with van der Waals surface area (Å²) < 4.78 is 0. The molecule has 100 valence electrons. The third-order valence-corrected chi connectivity index (χ3v) is 2.22. The summed E-state index contributed by atoms with van der Waals surface area (Å²) >= 11 is 0. The highest BCUT2D eigenvalue weighted by molar-refractivity contribution is 5.92. The number of rotatable bonds is 5. The van der Waals surface area contributed by atoms with Crippen LogP contribution in [0.1, 0.15) is 51.0 Å². The molecular formula is C13H22N4O. The molecule has 1 aromatic heterocycles. The predicted molar refractivity (Wildman–Crippen MR) is 72.6 cm³/mol. The molecule has 1 amide bonds. The number of hydrogen-bond donors (Lipinski definition) is 2. The number of carbonyl (C=O) groups excluding carboxylic acids is 1. The van der Waals surface area contributed by atoms with Gasteiger partial charge < -0.3 is 10.6 Å². The van der Waals surface area contributed by atoms with Gasteiger partial charge in [-0.1, -0.05) is 13.3 Å². The fourth-order valence-electron chi connectivity index (χ4n) is 1.40. The van der Waals surface area contributed by atoms with Crippen LogP contribution in [0.2, 0.25) is 0 Å². The van der Waals surface area contributed by atoms with E-state index in [1.807, 2.05) is 20.8 Å². The minimum absolute atomic E-state index is 0.0929. The van der Waals surface area contributed by atoms with E-state index in [1.54, 1.807) is 6.07 Å². The molecule has 2 N–H and O–H groups in total. The third kappa shape index (κ3) is 5.12. The molecule has 0 saturated heterocycles. The molecule has 1 aromatic rings. The molecule has 0 spiro atoms. The van der Waals surface area contributed by atoms with Crippen molar-refractivity contribution < 1.29 is 4.79 Å². The summed E-state index contributed by atoms with van der Waals surface area (Å²) in [6.45, 7) is 8.88. The Labute approximate surface area is 108 Å². The van der Waals surface area contributed by atoms with Crippen LogP contribution in [-0.4, -0.2) is 28.0 Å². The van der Waals surface area contributed by atoms with Crippen molar-refractivity contribution in [1.82, 2.24) is 15.3 Å². The van der Waals surface area contributed by atoms with Gasteiger partial charge in [0.25, 0.3) is 5.91 Å². The first-order valence-corrected chi connectivity index (χ1v) is 6.31. The molecule has 0 fully saturated rings. The van der Waals surface area contributed by atoms with Gasteiger partial charge in [-0.2, -0.15) is 0 Å². The monoisotopic (exact) mass is 250 g/mol. The Morgan fingerprint density at radius 2 is 2.06 bits per heavy atom. The fraction of sp³-hybridized carbons (Fsp3) is 0.615. The number of nitrogens with zero attached hydrogens (tertiary/aromatic N) is 2. The molecule has 0 atom stereocenters. The van der Waals surface area contributed by atoms with Crippen LogP contribution in [0.4, 0.5) is 5.82 Å². The molecule has 5 heteroatoms. The summed E-state index contributed by atoms with van der Waals surface area (Å²) in [5, 5.41) is 6.05. The van der Waals surface area contributed by atoms with Gasteiger partial charge in [0.2, 0.25) is 0 Å². The quantitative estimate of drug-likeness (QED) is 0.786. The highest BCUT2D eigenvalue weighted by Crippen LogP contribution is 2.11. The van der Waals surface area contributed by atoms with Gasteiger partial charge in [-0.15, -0.1) is 0 Å². The first kappa shape index (κ1) is 14.4. The fourth-order valence-corrected chi connectivity index (χ4v) is 1.40. The molecule has 5 nitrogen and oxygen atoms in total. The van der Waals surface area contributed by atoms with Gasteiger partial charge in [0, 0.05) is 18.2 Å². The molecular weight excluding hydrogens is 228 g/mol. The first-order valence-electron chi connectivity index (χ1n) is 6.31. The molecule has 1 rings (SSSR count). The van der Waals surface area contributed by atoms with Crippen LogP contribution < -0.4 is 10.6 Å². The summed E-state index contributed by atoms with van der Waals surface area (Å²) in [7, 11) is 0. The molecule has 0 aliphatic rings. The van der Waals surface area contributed by atoms with Gasteiger partial charge in [-0.25, -0.2) is 9.97 Å². The van der Waals surface area contributed by atoms with E-state index in [0.29, 0.717) is 18.1 Å². The molecule has 0 unspecified atom stereocenters.